The molecule has 0 heterocycles. The zero-order valence-corrected chi connectivity index (χ0v) is 24.6. The van der Waals surface area contributed by atoms with Crippen molar-refractivity contribution >= 4 is 30.8 Å². The number of hydrogen-bond acceptors (Lipinski definition) is 5. The van der Waals surface area contributed by atoms with Crippen LogP contribution in [0, 0.1) is 0 Å². The van der Waals surface area contributed by atoms with Gasteiger partial charge in [0.25, 0.3) is 0 Å². The summed E-state index contributed by atoms with van der Waals surface area (Å²) in [6.45, 7) is 7.62. The monoisotopic (exact) mass is 567 g/mol. The van der Waals surface area contributed by atoms with E-state index in [0.29, 0.717) is 18.5 Å². The van der Waals surface area contributed by atoms with Crippen LogP contribution in [0.25, 0.3) is 0 Å². The standard InChI is InChI=1S/C30H38N3O4PS/c1-22(2)36-38(35,37-23(3)4)29(26-18-12-7-13-19-26)33-30(39)32-27(20-24-14-8-5-9-15-24)28(34)31-21-25-16-10-6-11-17-25/h5-19,22-23,27,29H,20-21H2,1-4H3,(H,31,34)(H2,32,33,39)/t27-,29?/m0/s1. The number of hydrogen-bond donors (Lipinski definition) is 3. The van der Waals surface area contributed by atoms with Crippen LogP contribution in [0.3, 0.4) is 0 Å². The van der Waals surface area contributed by atoms with E-state index in [4.69, 9.17) is 21.3 Å². The van der Waals surface area contributed by atoms with E-state index in [9.17, 15) is 9.36 Å². The molecule has 7 nitrogen and oxygen atoms in total. The van der Waals surface area contributed by atoms with E-state index in [1.165, 1.54) is 0 Å². The van der Waals surface area contributed by atoms with E-state index in [1.54, 1.807) is 0 Å². The molecule has 0 radical (unpaired) electrons. The molecule has 39 heavy (non-hydrogen) atoms. The summed E-state index contributed by atoms with van der Waals surface area (Å²) in [7, 11) is -3.74. The van der Waals surface area contributed by atoms with Crippen molar-refractivity contribution in [2.24, 2.45) is 0 Å². The van der Waals surface area contributed by atoms with Gasteiger partial charge in [-0.1, -0.05) is 91.0 Å². The normalized spacial score (nSPS) is 13.1. The van der Waals surface area contributed by atoms with Gasteiger partial charge in [0.05, 0.1) is 12.2 Å². The number of rotatable bonds is 13. The number of carbonyl (C=O) groups is 1. The molecule has 0 saturated heterocycles. The number of amides is 1. The Hall–Kier alpha value is -3.03. The Kier molecular flexibility index (Phi) is 11.7. The fourth-order valence-electron chi connectivity index (χ4n) is 4.01. The third-order valence-corrected chi connectivity index (χ3v) is 8.36. The second-order valence-electron chi connectivity index (χ2n) is 9.72. The summed E-state index contributed by atoms with van der Waals surface area (Å²) < 4.78 is 26.0. The molecule has 208 valence electrons. The van der Waals surface area contributed by atoms with Crippen molar-refractivity contribution in [1.82, 2.24) is 16.0 Å². The van der Waals surface area contributed by atoms with Gasteiger partial charge in [-0.15, -0.1) is 0 Å². The number of thiocarbonyl (C=S) groups is 1. The van der Waals surface area contributed by atoms with Crippen molar-refractivity contribution in [3.8, 4) is 0 Å². The fraction of sp³-hybridized carbons (Fsp3) is 0.333. The lowest BCUT2D eigenvalue weighted by molar-refractivity contribution is -0.122. The first-order valence-electron chi connectivity index (χ1n) is 13.1. The maximum absolute atomic E-state index is 14.2. The Balaban J connectivity index is 1.83. The predicted molar refractivity (Wildman–Crippen MR) is 160 cm³/mol. The molecule has 3 aromatic carbocycles. The van der Waals surface area contributed by atoms with Crippen LogP contribution in [-0.4, -0.2) is 29.3 Å². The van der Waals surface area contributed by atoms with Crippen molar-refractivity contribution in [1.29, 1.82) is 0 Å². The van der Waals surface area contributed by atoms with E-state index in [0.717, 1.165) is 11.1 Å². The zero-order chi connectivity index (χ0) is 28.3. The first-order valence-corrected chi connectivity index (χ1v) is 15.1. The molecule has 0 aliphatic carbocycles. The van der Waals surface area contributed by atoms with E-state index >= 15 is 0 Å². The minimum absolute atomic E-state index is 0.166. The van der Waals surface area contributed by atoms with Crippen molar-refractivity contribution < 1.29 is 18.4 Å². The summed E-state index contributed by atoms with van der Waals surface area (Å²) in [4.78, 5) is 13.3. The molecule has 3 aromatic rings. The molecular formula is C30H38N3O4PS. The van der Waals surface area contributed by atoms with Crippen LogP contribution < -0.4 is 16.0 Å². The van der Waals surface area contributed by atoms with Crippen LogP contribution in [0.2, 0.25) is 0 Å². The van der Waals surface area contributed by atoms with Crippen LogP contribution in [0.15, 0.2) is 91.0 Å². The molecule has 1 amide bonds. The van der Waals surface area contributed by atoms with E-state index in [2.05, 4.69) is 16.0 Å². The Labute approximate surface area is 237 Å². The van der Waals surface area contributed by atoms with Crippen molar-refractivity contribution in [3.63, 3.8) is 0 Å². The summed E-state index contributed by atoms with van der Waals surface area (Å²) in [5.41, 5.74) is 2.66. The molecule has 0 spiro atoms. The van der Waals surface area contributed by atoms with Gasteiger partial charge >= 0.3 is 7.60 Å². The first-order chi connectivity index (χ1) is 18.7. The highest BCUT2D eigenvalue weighted by atomic mass is 32.1. The van der Waals surface area contributed by atoms with Gasteiger partial charge in [0, 0.05) is 13.0 Å². The van der Waals surface area contributed by atoms with Gasteiger partial charge in [0.1, 0.15) is 6.04 Å². The average molecular weight is 568 g/mol. The summed E-state index contributed by atoms with van der Waals surface area (Å²) in [6.07, 6.45) is -0.292. The zero-order valence-electron chi connectivity index (χ0n) is 22.9. The molecule has 0 saturated carbocycles. The molecule has 0 aromatic heterocycles. The highest BCUT2D eigenvalue weighted by Crippen LogP contribution is 2.61. The minimum atomic E-state index is -3.74. The van der Waals surface area contributed by atoms with Crippen LogP contribution in [0.5, 0.6) is 0 Å². The van der Waals surface area contributed by atoms with E-state index in [1.807, 2.05) is 119 Å². The summed E-state index contributed by atoms with van der Waals surface area (Å²) in [5, 5.41) is 9.48. The molecule has 2 atom stereocenters. The van der Waals surface area contributed by atoms with Crippen LogP contribution in [0.1, 0.15) is 50.2 Å². The second kappa shape index (κ2) is 14.9. The molecule has 3 N–H and O–H groups in total. The molecule has 0 aliphatic heterocycles. The van der Waals surface area contributed by atoms with Gasteiger partial charge in [0.2, 0.25) is 5.91 Å². The van der Waals surface area contributed by atoms with Crippen LogP contribution in [-0.2, 0) is 31.4 Å². The van der Waals surface area contributed by atoms with Crippen LogP contribution >= 0.6 is 19.8 Å². The van der Waals surface area contributed by atoms with Gasteiger partial charge in [-0.25, -0.2) is 0 Å². The SMILES string of the molecule is CC(C)OP(=O)(OC(C)C)C(NC(=S)N[C@@H](Cc1ccccc1)C(=O)NCc1ccccc1)c1ccccc1. The maximum Gasteiger partial charge on any atom is 0.357 e. The summed E-state index contributed by atoms with van der Waals surface area (Å²) in [6, 6.07) is 28.0. The fourth-order valence-corrected chi connectivity index (χ4v) is 6.65. The number of nitrogens with one attached hydrogen (secondary N) is 3. The van der Waals surface area contributed by atoms with Gasteiger partial charge in [-0.05, 0) is 56.6 Å². The lowest BCUT2D eigenvalue weighted by Crippen LogP contribution is -2.51. The van der Waals surface area contributed by atoms with Crippen molar-refractivity contribution in [3.05, 3.63) is 108 Å². The van der Waals surface area contributed by atoms with Gasteiger partial charge in [-0.3, -0.25) is 9.36 Å². The Morgan fingerprint density at radius 2 is 1.26 bits per heavy atom. The van der Waals surface area contributed by atoms with Gasteiger partial charge in [0.15, 0.2) is 10.9 Å². The largest absolute Gasteiger partial charge is 0.357 e. The van der Waals surface area contributed by atoms with Crippen molar-refractivity contribution in [2.45, 2.75) is 64.7 Å². The summed E-state index contributed by atoms with van der Waals surface area (Å²) in [5.74, 6) is -1.09. The Bertz CT molecular complexity index is 1210. The molecule has 3 rings (SSSR count). The average Bonchev–Trinajstić information content (AvgIpc) is 2.90. The molecule has 9 heteroatoms. The topological polar surface area (TPSA) is 88.7 Å². The molecule has 1 unspecified atom stereocenters. The van der Waals surface area contributed by atoms with Crippen molar-refractivity contribution in [2.75, 3.05) is 0 Å². The molecular weight excluding hydrogens is 529 g/mol. The summed E-state index contributed by atoms with van der Waals surface area (Å²) >= 11 is 5.68. The van der Waals surface area contributed by atoms with Crippen LogP contribution in [0.4, 0.5) is 0 Å². The quantitative estimate of drug-likeness (QED) is 0.169. The minimum Gasteiger partial charge on any atom is -0.351 e. The Morgan fingerprint density at radius 3 is 1.77 bits per heavy atom. The second-order valence-corrected chi connectivity index (χ2v) is 12.2. The van der Waals surface area contributed by atoms with Gasteiger partial charge < -0.3 is 25.0 Å². The molecule has 0 aliphatic rings. The molecule has 0 bridgehead atoms. The highest BCUT2D eigenvalue weighted by molar-refractivity contribution is 7.80. The van der Waals surface area contributed by atoms with E-state index < -0.39 is 19.4 Å². The smallest absolute Gasteiger partial charge is 0.351 e. The first kappa shape index (κ1) is 30.5. The van der Waals surface area contributed by atoms with Gasteiger partial charge in [-0.2, -0.15) is 0 Å². The highest BCUT2D eigenvalue weighted by Gasteiger charge is 2.40. The Morgan fingerprint density at radius 1 is 0.769 bits per heavy atom. The lowest BCUT2D eigenvalue weighted by Gasteiger charge is -2.32. The maximum atomic E-state index is 14.2. The number of benzene rings is 3. The predicted octanol–water partition coefficient (Wildman–Crippen LogP) is 6.12. The third kappa shape index (κ3) is 9.90. The number of carbonyl (C=O) groups excluding carboxylic acids is 1. The third-order valence-electron chi connectivity index (χ3n) is 5.63. The van der Waals surface area contributed by atoms with E-state index in [-0.39, 0.29) is 23.2 Å². The molecule has 0 fully saturated rings. The lowest BCUT2D eigenvalue weighted by atomic mass is 10.1.